The van der Waals surface area contributed by atoms with Gasteiger partial charge in [-0.1, -0.05) is 12.1 Å². The van der Waals surface area contributed by atoms with E-state index >= 15 is 0 Å². The van der Waals surface area contributed by atoms with Crippen LogP contribution in [-0.2, 0) is 28.6 Å². The Morgan fingerprint density at radius 2 is 1.62 bits per heavy atom. The van der Waals surface area contributed by atoms with Crippen molar-refractivity contribution in [1.82, 2.24) is 0 Å². The third kappa shape index (κ3) is 4.76. The number of hydrogen-bond acceptors (Lipinski definition) is 8. The van der Waals surface area contributed by atoms with Crippen LogP contribution < -0.4 is 4.74 Å². The lowest BCUT2D eigenvalue weighted by atomic mass is 9.65. The van der Waals surface area contributed by atoms with Crippen molar-refractivity contribution in [2.45, 2.75) is 38.9 Å². The Morgan fingerprint density at radius 1 is 1.03 bits per heavy atom. The SMILES string of the molecule is CCOC(=O)[C@@H]1C(=O)C[C@](O)(OCC)[C@@H](C(=O)OCC)[C@@H]1c1ccc(OC)cc1. The Hall–Kier alpha value is -2.45. The zero-order valence-electron chi connectivity index (χ0n) is 17.2. The van der Waals surface area contributed by atoms with E-state index in [1.165, 1.54) is 7.11 Å². The largest absolute Gasteiger partial charge is 0.497 e. The molecule has 160 valence electrons. The molecule has 0 bridgehead atoms. The Bertz CT molecular complexity index is 729. The molecule has 0 spiro atoms. The van der Waals surface area contributed by atoms with Gasteiger partial charge in [-0.05, 0) is 38.5 Å². The number of hydrogen-bond donors (Lipinski definition) is 1. The average molecular weight is 408 g/mol. The van der Waals surface area contributed by atoms with Crippen LogP contribution in [0.2, 0.25) is 0 Å². The molecule has 0 heterocycles. The summed E-state index contributed by atoms with van der Waals surface area (Å²) in [7, 11) is 1.51. The summed E-state index contributed by atoms with van der Waals surface area (Å²) in [5, 5.41) is 11.1. The fourth-order valence-electron chi connectivity index (χ4n) is 3.82. The first-order valence-corrected chi connectivity index (χ1v) is 9.69. The second-order valence-electron chi connectivity index (χ2n) is 6.68. The summed E-state index contributed by atoms with van der Waals surface area (Å²) in [5.74, 6) is -7.14. The molecule has 2 rings (SSSR count). The van der Waals surface area contributed by atoms with Crippen LogP contribution in [0, 0.1) is 11.8 Å². The lowest BCUT2D eigenvalue weighted by molar-refractivity contribution is -0.254. The van der Waals surface area contributed by atoms with Gasteiger partial charge in [0.2, 0.25) is 0 Å². The van der Waals surface area contributed by atoms with Gasteiger partial charge >= 0.3 is 11.9 Å². The zero-order valence-corrected chi connectivity index (χ0v) is 17.2. The molecule has 1 aromatic carbocycles. The summed E-state index contributed by atoms with van der Waals surface area (Å²) < 4.78 is 20.9. The standard InChI is InChI=1S/C21H28O8/c1-5-27-19(23)17-15(22)12-21(25,29-7-3)18(20(24)28-6-2)16(17)13-8-10-14(26-4)11-9-13/h8-11,16-18,25H,5-7,12H2,1-4H3/t16-,17-,18-,21+/m1/s1. The maximum absolute atomic E-state index is 12.9. The highest BCUT2D eigenvalue weighted by atomic mass is 16.6. The minimum absolute atomic E-state index is 0.0685. The minimum atomic E-state index is -2.09. The maximum Gasteiger partial charge on any atom is 0.317 e. The third-order valence-corrected chi connectivity index (χ3v) is 4.95. The Balaban J connectivity index is 2.64. The second-order valence-corrected chi connectivity index (χ2v) is 6.68. The average Bonchev–Trinajstić information content (AvgIpc) is 2.67. The lowest BCUT2D eigenvalue weighted by Gasteiger charge is -2.44. The van der Waals surface area contributed by atoms with E-state index in [0.717, 1.165) is 0 Å². The molecule has 0 amide bonds. The highest BCUT2D eigenvalue weighted by molar-refractivity contribution is 6.02. The van der Waals surface area contributed by atoms with Gasteiger partial charge in [0, 0.05) is 12.5 Å². The number of aliphatic hydroxyl groups is 1. The van der Waals surface area contributed by atoms with E-state index < -0.39 is 47.7 Å². The Morgan fingerprint density at radius 3 is 2.14 bits per heavy atom. The monoisotopic (exact) mass is 408 g/mol. The molecule has 0 unspecified atom stereocenters. The summed E-state index contributed by atoms with van der Waals surface area (Å²) in [4.78, 5) is 38.5. The molecule has 1 aliphatic rings. The summed E-state index contributed by atoms with van der Waals surface area (Å²) in [5.41, 5.74) is 0.494. The predicted octanol–water partition coefficient (Wildman–Crippen LogP) is 1.84. The molecule has 0 radical (unpaired) electrons. The molecule has 0 aromatic heterocycles. The number of Topliss-reactive ketones (excluding diaryl/α,β-unsaturated/α-hetero) is 1. The van der Waals surface area contributed by atoms with Crippen molar-refractivity contribution in [3.8, 4) is 5.75 Å². The van der Waals surface area contributed by atoms with Gasteiger partial charge in [0.05, 0.1) is 26.7 Å². The first-order chi connectivity index (χ1) is 13.8. The highest BCUT2D eigenvalue weighted by Gasteiger charge is 2.60. The zero-order chi connectivity index (χ0) is 21.6. The normalized spacial score (nSPS) is 26.7. The molecule has 1 aliphatic carbocycles. The molecule has 1 aromatic rings. The van der Waals surface area contributed by atoms with Crippen LogP contribution >= 0.6 is 0 Å². The number of ether oxygens (including phenoxy) is 4. The van der Waals surface area contributed by atoms with Gasteiger partial charge < -0.3 is 24.1 Å². The summed E-state index contributed by atoms with van der Waals surface area (Å²) in [6.45, 7) is 5.13. The van der Waals surface area contributed by atoms with Gasteiger partial charge in [-0.2, -0.15) is 0 Å². The number of carbonyl (C=O) groups excluding carboxylic acids is 3. The number of esters is 2. The Kier molecular flexibility index (Phi) is 7.75. The molecule has 0 aliphatic heterocycles. The van der Waals surface area contributed by atoms with Crippen molar-refractivity contribution in [3.05, 3.63) is 29.8 Å². The lowest BCUT2D eigenvalue weighted by Crippen LogP contribution is -2.58. The van der Waals surface area contributed by atoms with E-state index in [-0.39, 0.29) is 19.8 Å². The van der Waals surface area contributed by atoms with Crippen LogP contribution in [0.15, 0.2) is 24.3 Å². The summed E-state index contributed by atoms with van der Waals surface area (Å²) in [6.07, 6.45) is -0.513. The van der Waals surface area contributed by atoms with E-state index in [0.29, 0.717) is 11.3 Å². The van der Waals surface area contributed by atoms with E-state index in [4.69, 9.17) is 18.9 Å². The quantitative estimate of drug-likeness (QED) is 0.394. The molecular formula is C21H28O8. The van der Waals surface area contributed by atoms with E-state index in [9.17, 15) is 19.5 Å². The third-order valence-electron chi connectivity index (χ3n) is 4.95. The van der Waals surface area contributed by atoms with Crippen molar-refractivity contribution in [1.29, 1.82) is 0 Å². The van der Waals surface area contributed by atoms with Crippen LogP contribution in [0.5, 0.6) is 5.75 Å². The van der Waals surface area contributed by atoms with Gasteiger partial charge in [0.1, 0.15) is 17.6 Å². The van der Waals surface area contributed by atoms with Gasteiger partial charge in [-0.15, -0.1) is 0 Å². The van der Waals surface area contributed by atoms with Gasteiger partial charge in [-0.25, -0.2) is 0 Å². The van der Waals surface area contributed by atoms with E-state index in [1.807, 2.05) is 0 Å². The molecule has 29 heavy (non-hydrogen) atoms. The molecule has 0 saturated heterocycles. The summed E-state index contributed by atoms with van der Waals surface area (Å²) in [6, 6.07) is 6.59. The fourth-order valence-corrected chi connectivity index (χ4v) is 3.82. The highest BCUT2D eigenvalue weighted by Crippen LogP contribution is 2.47. The topological polar surface area (TPSA) is 108 Å². The van der Waals surface area contributed by atoms with Crippen molar-refractivity contribution in [2.75, 3.05) is 26.9 Å². The number of rotatable bonds is 8. The molecular weight excluding hydrogens is 380 g/mol. The van der Waals surface area contributed by atoms with Crippen LogP contribution in [0.3, 0.4) is 0 Å². The molecule has 1 saturated carbocycles. The van der Waals surface area contributed by atoms with Crippen LogP contribution in [0.25, 0.3) is 0 Å². The molecule has 8 heteroatoms. The minimum Gasteiger partial charge on any atom is -0.497 e. The Labute approximate surface area is 170 Å². The first-order valence-electron chi connectivity index (χ1n) is 9.69. The van der Waals surface area contributed by atoms with Crippen LogP contribution in [0.1, 0.15) is 38.7 Å². The first kappa shape index (κ1) is 22.8. The van der Waals surface area contributed by atoms with Gasteiger partial charge in [0.25, 0.3) is 0 Å². The number of benzene rings is 1. The van der Waals surface area contributed by atoms with Crippen LogP contribution in [-0.4, -0.2) is 55.5 Å². The van der Waals surface area contributed by atoms with Crippen molar-refractivity contribution in [3.63, 3.8) is 0 Å². The van der Waals surface area contributed by atoms with E-state index in [2.05, 4.69) is 0 Å². The number of methoxy groups -OCH3 is 1. The van der Waals surface area contributed by atoms with E-state index in [1.54, 1.807) is 45.0 Å². The smallest absolute Gasteiger partial charge is 0.317 e. The molecule has 1 fully saturated rings. The number of carbonyl (C=O) groups is 3. The van der Waals surface area contributed by atoms with Gasteiger partial charge in [-0.3, -0.25) is 14.4 Å². The number of ketones is 1. The van der Waals surface area contributed by atoms with Crippen LogP contribution in [0.4, 0.5) is 0 Å². The molecule has 4 atom stereocenters. The summed E-state index contributed by atoms with van der Waals surface area (Å²) >= 11 is 0. The fraction of sp³-hybridized carbons (Fsp3) is 0.571. The van der Waals surface area contributed by atoms with Crippen molar-refractivity contribution >= 4 is 17.7 Å². The predicted molar refractivity (Wildman–Crippen MR) is 102 cm³/mol. The molecule has 8 nitrogen and oxygen atoms in total. The van der Waals surface area contributed by atoms with Crippen molar-refractivity contribution in [2.24, 2.45) is 11.8 Å². The van der Waals surface area contributed by atoms with Gasteiger partial charge in [0.15, 0.2) is 11.6 Å². The second kappa shape index (κ2) is 9.84. The molecule has 1 N–H and O–H groups in total. The maximum atomic E-state index is 12.9. The van der Waals surface area contributed by atoms with Crippen molar-refractivity contribution < 1.29 is 38.4 Å².